The highest BCUT2D eigenvalue weighted by Crippen LogP contribution is 2.29. The van der Waals surface area contributed by atoms with E-state index < -0.39 is 0 Å². The predicted molar refractivity (Wildman–Crippen MR) is 95.9 cm³/mol. The van der Waals surface area contributed by atoms with Crippen molar-refractivity contribution in [3.05, 3.63) is 56.7 Å². The first-order valence-electron chi connectivity index (χ1n) is 8.14. The maximum Gasteiger partial charge on any atom is 0.266 e. The first-order chi connectivity index (χ1) is 12.0. The van der Waals surface area contributed by atoms with Crippen molar-refractivity contribution in [3.63, 3.8) is 0 Å². The molecule has 1 aliphatic heterocycles. The number of nitrogens with zero attached hydrogens (tertiary/aromatic N) is 2. The second-order valence-corrected chi connectivity index (χ2v) is 7.14. The number of hydrogen-bond donors (Lipinski definition) is 1. The molecule has 128 valence electrons. The normalized spacial score (nSPS) is 13.7. The van der Waals surface area contributed by atoms with Crippen molar-refractivity contribution in [1.29, 1.82) is 0 Å². The van der Waals surface area contributed by atoms with Crippen molar-refractivity contribution in [2.75, 3.05) is 5.32 Å². The van der Waals surface area contributed by atoms with Gasteiger partial charge in [0, 0.05) is 18.7 Å². The molecule has 0 spiro atoms. The van der Waals surface area contributed by atoms with Gasteiger partial charge in [-0.1, -0.05) is 0 Å². The number of nitrogens with one attached hydrogen (secondary N) is 1. The lowest BCUT2D eigenvalue weighted by atomic mass is 10.1. The van der Waals surface area contributed by atoms with Gasteiger partial charge < -0.3 is 5.32 Å². The van der Waals surface area contributed by atoms with Crippen LogP contribution in [-0.2, 0) is 13.0 Å². The quantitative estimate of drug-likeness (QED) is 0.763. The smallest absolute Gasteiger partial charge is 0.266 e. The summed E-state index contributed by atoms with van der Waals surface area (Å²) in [5.41, 5.74) is 1.10. The highest BCUT2D eigenvalue weighted by Gasteiger charge is 2.22. The van der Waals surface area contributed by atoms with Crippen LogP contribution in [0.3, 0.4) is 0 Å². The number of anilines is 1. The zero-order valence-electron chi connectivity index (χ0n) is 13.6. The number of aryl methyl sites for hydroxylation is 2. The number of benzene rings is 1. The Labute approximate surface area is 147 Å². The topological polar surface area (TPSA) is 64.0 Å². The molecular weight excluding hydrogens is 341 g/mol. The molecule has 0 aliphatic carbocycles. The zero-order valence-corrected chi connectivity index (χ0v) is 14.5. The van der Waals surface area contributed by atoms with Crippen molar-refractivity contribution in [2.24, 2.45) is 0 Å². The summed E-state index contributed by atoms with van der Waals surface area (Å²) >= 11 is 1.23. The molecule has 1 N–H and O–H groups in total. The number of fused-ring (bicyclic) bond motifs is 2. The highest BCUT2D eigenvalue weighted by atomic mass is 32.1. The Morgan fingerprint density at radius 1 is 1.28 bits per heavy atom. The van der Waals surface area contributed by atoms with Gasteiger partial charge in [-0.05, 0) is 49.6 Å². The van der Waals surface area contributed by atoms with E-state index in [0.717, 1.165) is 25.1 Å². The van der Waals surface area contributed by atoms with Gasteiger partial charge >= 0.3 is 0 Å². The largest absolute Gasteiger partial charge is 0.321 e. The minimum atomic E-state index is -0.362. The van der Waals surface area contributed by atoms with Gasteiger partial charge in [0.25, 0.3) is 11.5 Å². The van der Waals surface area contributed by atoms with E-state index in [2.05, 4.69) is 10.3 Å². The molecule has 3 aromatic rings. The van der Waals surface area contributed by atoms with Crippen LogP contribution in [0.1, 0.15) is 33.9 Å². The molecular formula is C18H16FN3O2S. The first kappa shape index (κ1) is 16.0. The third-order valence-electron chi connectivity index (χ3n) is 4.47. The summed E-state index contributed by atoms with van der Waals surface area (Å²) in [7, 11) is 0. The number of amides is 1. The Bertz CT molecular complexity index is 1040. The molecule has 1 aliphatic rings. The van der Waals surface area contributed by atoms with Gasteiger partial charge in [0.2, 0.25) is 0 Å². The fourth-order valence-electron chi connectivity index (χ4n) is 3.17. The third-order valence-corrected chi connectivity index (χ3v) is 5.65. The molecule has 2 aromatic heterocycles. The number of thiophene rings is 1. The maximum atomic E-state index is 13.0. The van der Waals surface area contributed by atoms with Gasteiger partial charge in [-0.25, -0.2) is 9.37 Å². The van der Waals surface area contributed by atoms with E-state index in [1.54, 1.807) is 11.5 Å². The van der Waals surface area contributed by atoms with Gasteiger partial charge in [0.05, 0.1) is 10.3 Å². The summed E-state index contributed by atoms with van der Waals surface area (Å²) in [4.78, 5) is 31.1. The van der Waals surface area contributed by atoms with Crippen LogP contribution in [0.5, 0.6) is 0 Å². The number of carbonyl (C=O) groups is 1. The van der Waals surface area contributed by atoms with Gasteiger partial charge in [0.1, 0.15) is 16.5 Å². The number of carbonyl (C=O) groups excluding carboxylic acids is 1. The fraction of sp³-hybridized carbons (Fsp3) is 0.278. The van der Waals surface area contributed by atoms with Gasteiger partial charge in [0.15, 0.2) is 0 Å². The second kappa shape index (κ2) is 6.07. The SMILES string of the molecule is Cc1c(C(=O)Nc2ccc(F)cc2)sc2nc3n(c(=O)c12)CCCC3. The number of hydrogen-bond acceptors (Lipinski definition) is 4. The van der Waals surface area contributed by atoms with Crippen LogP contribution in [0.15, 0.2) is 29.1 Å². The molecule has 5 nitrogen and oxygen atoms in total. The van der Waals surface area contributed by atoms with Crippen LogP contribution in [0.4, 0.5) is 10.1 Å². The molecule has 0 bridgehead atoms. The van der Waals surface area contributed by atoms with Crippen LogP contribution in [0.2, 0.25) is 0 Å². The summed E-state index contributed by atoms with van der Waals surface area (Å²) < 4.78 is 14.7. The Kier molecular flexibility index (Phi) is 3.88. The van der Waals surface area contributed by atoms with E-state index in [9.17, 15) is 14.0 Å². The first-order valence-corrected chi connectivity index (χ1v) is 8.96. The minimum Gasteiger partial charge on any atom is -0.321 e. The van der Waals surface area contributed by atoms with Crippen LogP contribution in [0, 0.1) is 12.7 Å². The van der Waals surface area contributed by atoms with Crippen molar-refractivity contribution in [1.82, 2.24) is 9.55 Å². The number of halogens is 1. The van der Waals surface area contributed by atoms with E-state index in [-0.39, 0.29) is 17.3 Å². The zero-order chi connectivity index (χ0) is 17.6. The van der Waals surface area contributed by atoms with Gasteiger partial charge in [-0.2, -0.15) is 0 Å². The minimum absolute atomic E-state index is 0.0608. The maximum absolute atomic E-state index is 13.0. The summed E-state index contributed by atoms with van der Waals surface area (Å²) in [6.45, 7) is 2.46. The van der Waals surface area contributed by atoms with Crippen LogP contribution in [-0.4, -0.2) is 15.5 Å². The monoisotopic (exact) mass is 357 g/mol. The lowest BCUT2D eigenvalue weighted by molar-refractivity contribution is 0.103. The Morgan fingerprint density at radius 2 is 2.04 bits per heavy atom. The summed E-state index contributed by atoms with van der Waals surface area (Å²) in [6, 6.07) is 5.58. The van der Waals surface area contributed by atoms with Gasteiger partial charge in [-0.3, -0.25) is 14.2 Å². The molecule has 25 heavy (non-hydrogen) atoms. The second-order valence-electron chi connectivity index (χ2n) is 6.14. The van der Waals surface area contributed by atoms with Crippen molar-refractivity contribution in [2.45, 2.75) is 32.7 Å². The number of aromatic nitrogens is 2. The van der Waals surface area contributed by atoms with E-state index in [1.165, 1.54) is 35.6 Å². The van der Waals surface area contributed by atoms with Crippen LogP contribution < -0.4 is 10.9 Å². The summed E-state index contributed by atoms with van der Waals surface area (Å²) in [5.74, 6) is 0.129. The summed E-state index contributed by atoms with van der Waals surface area (Å²) in [6.07, 6.45) is 2.79. The molecule has 1 amide bonds. The van der Waals surface area contributed by atoms with Crippen LogP contribution in [0.25, 0.3) is 10.2 Å². The Morgan fingerprint density at radius 3 is 2.80 bits per heavy atom. The predicted octanol–water partition coefficient (Wildman–Crippen LogP) is 3.49. The highest BCUT2D eigenvalue weighted by molar-refractivity contribution is 7.20. The molecule has 4 rings (SSSR count). The molecule has 0 saturated carbocycles. The van der Waals surface area contributed by atoms with Crippen molar-refractivity contribution >= 4 is 33.1 Å². The summed E-state index contributed by atoms with van der Waals surface area (Å²) in [5, 5.41) is 3.27. The van der Waals surface area contributed by atoms with E-state index >= 15 is 0 Å². The molecule has 0 fully saturated rings. The average Bonchev–Trinajstić information content (AvgIpc) is 2.94. The van der Waals surface area contributed by atoms with E-state index in [0.29, 0.717) is 32.9 Å². The Hall–Kier alpha value is -2.54. The van der Waals surface area contributed by atoms with E-state index in [4.69, 9.17) is 0 Å². The Balaban J connectivity index is 1.76. The molecule has 1 aromatic carbocycles. The van der Waals surface area contributed by atoms with E-state index in [1.807, 2.05) is 0 Å². The molecule has 0 atom stereocenters. The lowest BCUT2D eigenvalue weighted by Gasteiger charge is -2.16. The molecule has 0 unspecified atom stereocenters. The molecule has 0 saturated heterocycles. The molecule has 7 heteroatoms. The average molecular weight is 357 g/mol. The lowest BCUT2D eigenvalue weighted by Crippen LogP contribution is -2.28. The standard InChI is InChI=1S/C18H16FN3O2S/c1-10-14-17(21-13-4-2-3-9-22(13)18(14)24)25-15(10)16(23)20-12-7-5-11(19)6-8-12/h5-8H,2-4,9H2,1H3,(H,20,23). The molecule has 0 radical (unpaired) electrons. The van der Waals surface area contributed by atoms with Crippen molar-refractivity contribution < 1.29 is 9.18 Å². The van der Waals surface area contributed by atoms with Crippen molar-refractivity contribution in [3.8, 4) is 0 Å². The molecule has 3 heterocycles. The van der Waals surface area contributed by atoms with Crippen LogP contribution >= 0.6 is 11.3 Å². The number of rotatable bonds is 2. The fourth-order valence-corrected chi connectivity index (χ4v) is 4.26. The van der Waals surface area contributed by atoms with Gasteiger partial charge in [-0.15, -0.1) is 11.3 Å². The third kappa shape index (κ3) is 2.74.